The third kappa shape index (κ3) is 5.65. The second kappa shape index (κ2) is 9.25. The lowest BCUT2D eigenvalue weighted by Crippen LogP contribution is -2.16. The van der Waals surface area contributed by atoms with Gasteiger partial charge < -0.3 is 0 Å². The Hall–Kier alpha value is -1.30. The molecule has 0 saturated heterocycles. The summed E-state index contributed by atoms with van der Waals surface area (Å²) >= 11 is 0. The third-order valence-electron chi connectivity index (χ3n) is 5.53. The monoisotopic (exact) mass is 324 g/mol. The van der Waals surface area contributed by atoms with Crippen molar-refractivity contribution in [3.8, 4) is 0 Å². The molecule has 1 atom stereocenters. The number of allylic oxidation sites excluding steroid dienone is 2. The van der Waals surface area contributed by atoms with Gasteiger partial charge in [-0.25, -0.2) is 0 Å². The average Bonchev–Trinajstić information content (AvgIpc) is 2.56. The molecule has 132 valence electrons. The number of hydrogen-bond donors (Lipinski definition) is 0. The van der Waals surface area contributed by atoms with Gasteiger partial charge in [-0.1, -0.05) is 82.0 Å². The van der Waals surface area contributed by atoms with Crippen molar-refractivity contribution in [2.75, 3.05) is 0 Å². The molecule has 0 heteroatoms. The zero-order valence-corrected chi connectivity index (χ0v) is 16.2. The van der Waals surface area contributed by atoms with Gasteiger partial charge in [0.15, 0.2) is 0 Å². The van der Waals surface area contributed by atoms with Crippen LogP contribution in [0.2, 0.25) is 0 Å². The highest BCUT2D eigenvalue weighted by Crippen LogP contribution is 2.33. The maximum atomic E-state index is 4.43. The Labute approximate surface area is 150 Å². The molecule has 0 saturated carbocycles. The Morgan fingerprint density at radius 2 is 1.83 bits per heavy atom. The van der Waals surface area contributed by atoms with Crippen molar-refractivity contribution >= 4 is 5.57 Å². The maximum Gasteiger partial charge on any atom is -0.0162 e. The lowest BCUT2D eigenvalue weighted by molar-refractivity contribution is 0.489. The number of benzene rings is 1. The molecule has 1 aromatic carbocycles. The highest BCUT2D eigenvalue weighted by molar-refractivity contribution is 5.62. The van der Waals surface area contributed by atoms with Crippen LogP contribution in [0, 0.1) is 11.8 Å². The van der Waals surface area contributed by atoms with Crippen LogP contribution in [-0.2, 0) is 12.8 Å². The SMILES string of the molecule is C=C(C)c1ccc2c(c1)CCC(C(=C)CCCCCCC(C)C)C2. The largest absolute Gasteiger partial charge is 0.0996 e. The summed E-state index contributed by atoms with van der Waals surface area (Å²) in [5.74, 6) is 1.55. The molecule has 0 amide bonds. The van der Waals surface area contributed by atoms with E-state index in [1.54, 1.807) is 0 Å². The molecule has 1 aromatic rings. The van der Waals surface area contributed by atoms with Crippen LogP contribution in [-0.4, -0.2) is 0 Å². The van der Waals surface area contributed by atoms with Crippen molar-refractivity contribution in [3.05, 3.63) is 53.6 Å². The molecule has 0 bridgehead atoms. The normalized spacial score (nSPS) is 16.9. The van der Waals surface area contributed by atoms with Crippen LogP contribution in [0.15, 0.2) is 36.9 Å². The average molecular weight is 325 g/mol. The standard InChI is InChI=1S/C24H36/c1-18(2)10-8-6-7-9-11-20(5)22-13-15-23-16-21(19(3)4)12-14-24(23)17-22/h12,14,16,18,22H,3,5-11,13,15,17H2,1-2,4H3. The van der Waals surface area contributed by atoms with Crippen LogP contribution >= 0.6 is 0 Å². The molecular weight excluding hydrogens is 288 g/mol. The molecule has 0 nitrogen and oxygen atoms in total. The second-order valence-electron chi connectivity index (χ2n) is 8.21. The summed E-state index contributed by atoms with van der Waals surface area (Å²) in [6, 6.07) is 6.91. The molecule has 0 spiro atoms. The molecule has 0 fully saturated rings. The summed E-state index contributed by atoms with van der Waals surface area (Å²) in [7, 11) is 0. The van der Waals surface area contributed by atoms with Gasteiger partial charge in [-0.05, 0) is 67.6 Å². The fourth-order valence-corrected chi connectivity index (χ4v) is 3.83. The van der Waals surface area contributed by atoms with E-state index in [-0.39, 0.29) is 0 Å². The number of hydrogen-bond acceptors (Lipinski definition) is 0. The lowest BCUT2D eigenvalue weighted by atomic mass is 9.78. The molecule has 1 aliphatic carbocycles. The molecule has 2 rings (SSSR count). The van der Waals surface area contributed by atoms with Gasteiger partial charge in [-0.15, -0.1) is 0 Å². The minimum Gasteiger partial charge on any atom is -0.0996 e. The summed E-state index contributed by atoms with van der Waals surface area (Å²) in [5, 5.41) is 0. The Bertz CT molecular complexity index is 561. The van der Waals surface area contributed by atoms with Gasteiger partial charge in [0.05, 0.1) is 0 Å². The van der Waals surface area contributed by atoms with E-state index >= 15 is 0 Å². The Balaban J connectivity index is 1.76. The number of aryl methyl sites for hydroxylation is 1. The predicted octanol–water partition coefficient (Wildman–Crippen LogP) is 7.38. The van der Waals surface area contributed by atoms with E-state index in [0.717, 1.165) is 5.92 Å². The number of unbranched alkanes of at least 4 members (excludes halogenated alkanes) is 3. The number of rotatable bonds is 9. The fourth-order valence-electron chi connectivity index (χ4n) is 3.83. The third-order valence-corrected chi connectivity index (χ3v) is 5.53. The Kier molecular flexibility index (Phi) is 7.34. The highest BCUT2D eigenvalue weighted by atomic mass is 14.3. The van der Waals surface area contributed by atoms with E-state index < -0.39 is 0 Å². The van der Waals surface area contributed by atoms with Gasteiger partial charge in [0.25, 0.3) is 0 Å². The minimum atomic E-state index is 0.698. The van der Waals surface area contributed by atoms with Crippen molar-refractivity contribution < 1.29 is 0 Å². The smallest absolute Gasteiger partial charge is 0.0162 e. The molecule has 24 heavy (non-hydrogen) atoms. The molecule has 0 aliphatic heterocycles. The summed E-state index contributed by atoms with van der Waals surface area (Å²) < 4.78 is 0. The van der Waals surface area contributed by atoms with Crippen molar-refractivity contribution in [3.63, 3.8) is 0 Å². The van der Waals surface area contributed by atoms with E-state index in [4.69, 9.17) is 0 Å². The lowest BCUT2D eigenvalue weighted by Gasteiger charge is -2.27. The van der Waals surface area contributed by atoms with Crippen LogP contribution in [0.3, 0.4) is 0 Å². The van der Waals surface area contributed by atoms with Crippen molar-refractivity contribution in [1.82, 2.24) is 0 Å². The molecule has 1 aliphatic rings. The summed E-state index contributed by atoms with van der Waals surface area (Å²) in [6.45, 7) is 15.2. The molecule has 0 N–H and O–H groups in total. The molecule has 0 heterocycles. The Morgan fingerprint density at radius 1 is 1.08 bits per heavy atom. The van der Waals surface area contributed by atoms with Gasteiger partial charge in [0, 0.05) is 0 Å². The first-order valence-electron chi connectivity index (χ1n) is 9.92. The Morgan fingerprint density at radius 3 is 2.54 bits per heavy atom. The van der Waals surface area contributed by atoms with Gasteiger partial charge in [0.1, 0.15) is 0 Å². The number of fused-ring (bicyclic) bond motifs is 1. The van der Waals surface area contributed by atoms with Gasteiger partial charge in [-0.3, -0.25) is 0 Å². The van der Waals surface area contributed by atoms with Gasteiger partial charge in [0.2, 0.25) is 0 Å². The van der Waals surface area contributed by atoms with E-state index in [1.165, 1.54) is 85.6 Å². The van der Waals surface area contributed by atoms with E-state index in [0.29, 0.717) is 5.92 Å². The zero-order chi connectivity index (χ0) is 17.5. The van der Waals surface area contributed by atoms with Crippen LogP contribution < -0.4 is 0 Å². The first-order chi connectivity index (χ1) is 11.5. The van der Waals surface area contributed by atoms with Crippen LogP contribution in [0.25, 0.3) is 5.57 Å². The van der Waals surface area contributed by atoms with Crippen molar-refractivity contribution in [1.29, 1.82) is 0 Å². The second-order valence-corrected chi connectivity index (χ2v) is 8.21. The van der Waals surface area contributed by atoms with Crippen LogP contribution in [0.1, 0.15) is 82.4 Å². The summed E-state index contributed by atoms with van der Waals surface area (Å²) in [4.78, 5) is 0. The van der Waals surface area contributed by atoms with Gasteiger partial charge >= 0.3 is 0 Å². The summed E-state index contributed by atoms with van der Waals surface area (Å²) in [6.07, 6.45) is 11.8. The maximum absolute atomic E-state index is 4.43. The van der Waals surface area contributed by atoms with Crippen molar-refractivity contribution in [2.24, 2.45) is 11.8 Å². The van der Waals surface area contributed by atoms with Crippen molar-refractivity contribution in [2.45, 2.75) is 78.6 Å². The first-order valence-corrected chi connectivity index (χ1v) is 9.92. The molecule has 0 aromatic heterocycles. The highest BCUT2D eigenvalue weighted by Gasteiger charge is 2.20. The molecule has 0 radical (unpaired) electrons. The first kappa shape index (κ1) is 19.0. The van der Waals surface area contributed by atoms with Crippen LogP contribution in [0.4, 0.5) is 0 Å². The van der Waals surface area contributed by atoms with Crippen LogP contribution in [0.5, 0.6) is 0 Å². The van der Waals surface area contributed by atoms with E-state index in [2.05, 4.69) is 52.1 Å². The topological polar surface area (TPSA) is 0 Å². The van der Waals surface area contributed by atoms with E-state index in [9.17, 15) is 0 Å². The van der Waals surface area contributed by atoms with Gasteiger partial charge in [-0.2, -0.15) is 0 Å². The quantitative estimate of drug-likeness (QED) is 0.328. The zero-order valence-electron chi connectivity index (χ0n) is 16.2. The predicted molar refractivity (Wildman–Crippen MR) is 108 cm³/mol. The minimum absolute atomic E-state index is 0.698. The summed E-state index contributed by atoms with van der Waals surface area (Å²) in [5.41, 5.74) is 7.03. The fraction of sp³-hybridized carbons (Fsp3) is 0.583. The van der Waals surface area contributed by atoms with E-state index in [1.807, 2.05) is 0 Å². The molecular formula is C24H36. The molecule has 1 unspecified atom stereocenters.